The van der Waals surface area contributed by atoms with Crippen molar-refractivity contribution in [3.8, 4) is 23.0 Å². The fourth-order valence-electron chi connectivity index (χ4n) is 5.57. The van der Waals surface area contributed by atoms with Gasteiger partial charge in [-0.25, -0.2) is 12.8 Å². The molecule has 0 amide bonds. The van der Waals surface area contributed by atoms with E-state index in [0.29, 0.717) is 35.0 Å². The summed E-state index contributed by atoms with van der Waals surface area (Å²) in [5, 5.41) is 20.4. The van der Waals surface area contributed by atoms with Crippen molar-refractivity contribution in [2.24, 2.45) is 5.92 Å². The normalized spacial score (nSPS) is 20.2. The molecule has 3 unspecified atom stereocenters. The lowest BCUT2D eigenvalue weighted by Gasteiger charge is -2.32. The smallest absolute Gasteiger partial charge is 0.176 e. The van der Waals surface area contributed by atoms with Crippen molar-refractivity contribution in [1.82, 2.24) is 4.90 Å². The second kappa shape index (κ2) is 10.8. The predicted molar refractivity (Wildman–Crippen MR) is 152 cm³/mol. The third-order valence-corrected chi connectivity index (χ3v) is 8.93. The topological polar surface area (TPSA) is 96.3 Å². The van der Waals surface area contributed by atoms with Gasteiger partial charge in [0.1, 0.15) is 30.0 Å². The maximum Gasteiger partial charge on any atom is 0.176 e. The molecule has 2 aliphatic rings. The van der Waals surface area contributed by atoms with E-state index in [4.69, 9.17) is 9.47 Å². The minimum atomic E-state index is -3.73. The van der Waals surface area contributed by atoms with E-state index in [1.807, 2.05) is 24.3 Å². The summed E-state index contributed by atoms with van der Waals surface area (Å²) < 4.78 is 53.0. The first kappa shape index (κ1) is 28.0. The van der Waals surface area contributed by atoms with Crippen molar-refractivity contribution < 1.29 is 32.5 Å². The van der Waals surface area contributed by atoms with Crippen molar-refractivity contribution in [3.05, 3.63) is 77.1 Å². The summed E-state index contributed by atoms with van der Waals surface area (Å²) in [6.07, 6.45) is 1.45. The average Bonchev–Trinajstić information content (AvgIpc) is 3.35. The highest BCUT2D eigenvalue weighted by molar-refractivity contribution is 7.90. The van der Waals surface area contributed by atoms with Crippen LogP contribution in [0, 0.1) is 11.7 Å². The number of likely N-dealkylation sites (tertiary alicyclic amines) is 1. The van der Waals surface area contributed by atoms with Gasteiger partial charge in [0, 0.05) is 30.0 Å². The van der Waals surface area contributed by atoms with Crippen molar-refractivity contribution in [2.45, 2.75) is 44.2 Å². The fourth-order valence-corrected chi connectivity index (χ4v) is 6.46. The van der Waals surface area contributed by atoms with E-state index in [-0.39, 0.29) is 33.6 Å². The summed E-state index contributed by atoms with van der Waals surface area (Å²) in [5.41, 5.74) is 1.69. The van der Waals surface area contributed by atoms with Gasteiger partial charge in [-0.1, -0.05) is 19.1 Å². The molecule has 40 heavy (non-hydrogen) atoms. The molecule has 1 fully saturated rings. The van der Waals surface area contributed by atoms with E-state index >= 15 is 4.39 Å². The lowest BCUT2D eigenvalue weighted by molar-refractivity contribution is 0.169. The molecule has 0 saturated carbocycles. The largest absolute Gasteiger partial charge is 0.508 e. The molecule has 0 radical (unpaired) electrons. The number of allylic oxidation sites excluding steroid dienone is 1. The van der Waals surface area contributed by atoms with Crippen LogP contribution in [0.4, 0.5) is 4.39 Å². The van der Waals surface area contributed by atoms with Crippen LogP contribution in [0.5, 0.6) is 23.0 Å². The number of halogens is 1. The molecule has 9 heteroatoms. The summed E-state index contributed by atoms with van der Waals surface area (Å²) in [6.45, 7) is 8.76. The van der Waals surface area contributed by atoms with Crippen LogP contribution in [0.15, 0.2) is 59.5 Å². The molecule has 5 rings (SSSR count). The van der Waals surface area contributed by atoms with Gasteiger partial charge in [-0.3, -0.25) is 4.90 Å². The SMILES string of the molecule is CC1=C(c2cc(O)ccc2S(C)(=O)=O)C(c2ccc(OCC(C)N3CCC(C)C3)cc2)Oc2ccc(O)c(F)c21. The van der Waals surface area contributed by atoms with Crippen molar-refractivity contribution in [3.63, 3.8) is 0 Å². The highest BCUT2D eigenvalue weighted by atomic mass is 32.2. The number of nitrogens with zero attached hydrogens (tertiary/aromatic N) is 1. The van der Waals surface area contributed by atoms with Crippen LogP contribution < -0.4 is 9.47 Å². The Labute approximate surface area is 234 Å². The first-order valence-electron chi connectivity index (χ1n) is 13.3. The zero-order valence-electron chi connectivity index (χ0n) is 23.0. The summed E-state index contributed by atoms with van der Waals surface area (Å²) >= 11 is 0. The molecule has 212 valence electrons. The molecule has 7 nitrogen and oxygen atoms in total. The van der Waals surface area contributed by atoms with Crippen molar-refractivity contribution >= 4 is 21.0 Å². The standard InChI is InChI=1S/C31H34FNO6S/c1-18-13-14-33(16-18)19(2)17-38-23-8-5-21(6-9-23)31-28(24-15-22(34)7-12-27(24)40(4,36)37)20(3)29-26(39-31)11-10-25(35)30(29)32/h5-12,15,18-19,31,34-35H,13-14,16-17H2,1-4H3. The van der Waals surface area contributed by atoms with Crippen molar-refractivity contribution in [2.75, 3.05) is 26.0 Å². The Bertz CT molecular complexity index is 1570. The van der Waals surface area contributed by atoms with Gasteiger partial charge < -0.3 is 19.7 Å². The number of hydrogen-bond acceptors (Lipinski definition) is 7. The highest BCUT2D eigenvalue weighted by Gasteiger charge is 2.34. The highest BCUT2D eigenvalue weighted by Crippen LogP contribution is 2.50. The van der Waals surface area contributed by atoms with Gasteiger partial charge in [-0.2, -0.15) is 0 Å². The van der Waals surface area contributed by atoms with Crippen LogP contribution in [-0.2, 0) is 9.84 Å². The van der Waals surface area contributed by atoms with E-state index in [9.17, 15) is 18.6 Å². The van der Waals surface area contributed by atoms with Crippen LogP contribution in [0.1, 0.15) is 50.0 Å². The quantitative estimate of drug-likeness (QED) is 0.372. The Hall–Kier alpha value is -3.56. The summed E-state index contributed by atoms with van der Waals surface area (Å²) in [4.78, 5) is 2.40. The second-order valence-electron chi connectivity index (χ2n) is 10.9. The lowest BCUT2D eigenvalue weighted by Crippen LogP contribution is -2.35. The van der Waals surface area contributed by atoms with Crippen molar-refractivity contribution in [1.29, 1.82) is 0 Å². The Kier molecular flexibility index (Phi) is 7.54. The number of phenolic OH excluding ortho intramolecular Hbond substituents is 2. The number of rotatable bonds is 7. The monoisotopic (exact) mass is 567 g/mol. The van der Waals surface area contributed by atoms with Crippen LogP contribution in [0.3, 0.4) is 0 Å². The number of fused-ring (bicyclic) bond motifs is 1. The predicted octanol–water partition coefficient (Wildman–Crippen LogP) is 5.81. The molecule has 0 spiro atoms. The van der Waals surface area contributed by atoms with Gasteiger partial charge in [0.25, 0.3) is 0 Å². The molecule has 0 aromatic heterocycles. The first-order chi connectivity index (χ1) is 18.9. The number of aromatic hydroxyl groups is 2. The maximum atomic E-state index is 15.2. The molecule has 0 aliphatic carbocycles. The molecule has 0 bridgehead atoms. The zero-order valence-corrected chi connectivity index (χ0v) is 23.8. The maximum absolute atomic E-state index is 15.2. The minimum Gasteiger partial charge on any atom is -0.508 e. The van der Waals surface area contributed by atoms with E-state index in [1.165, 1.54) is 36.8 Å². The third-order valence-electron chi connectivity index (χ3n) is 7.77. The summed E-state index contributed by atoms with van der Waals surface area (Å²) in [6, 6.07) is 14.3. The number of phenols is 2. The van der Waals surface area contributed by atoms with Gasteiger partial charge in [-0.15, -0.1) is 0 Å². The van der Waals surface area contributed by atoms with E-state index in [1.54, 1.807) is 6.92 Å². The molecule has 3 aromatic rings. The molecule has 3 aromatic carbocycles. The fraction of sp³-hybridized carbons (Fsp3) is 0.355. The van der Waals surface area contributed by atoms with Crippen LogP contribution in [0.25, 0.3) is 11.1 Å². The molecule has 2 N–H and O–H groups in total. The van der Waals surface area contributed by atoms with Gasteiger partial charge >= 0.3 is 0 Å². The van der Waals surface area contributed by atoms with Gasteiger partial charge in [-0.05, 0) is 86.3 Å². The van der Waals surface area contributed by atoms with Crippen LogP contribution >= 0.6 is 0 Å². The Morgan fingerprint density at radius 3 is 2.50 bits per heavy atom. The molecule has 2 aliphatic heterocycles. The Morgan fingerprint density at radius 2 is 1.85 bits per heavy atom. The minimum absolute atomic E-state index is 0.0255. The molecule has 2 heterocycles. The number of ether oxygens (including phenoxy) is 2. The van der Waals surface area contributed by atoms with Gasteiger partial charge in [0.2, 0.25) is 0 Å². The number of hydrogen-bond donors (Lipinski definition) is 2. The number of sulfone groups is 1. The third kappa shape index (κ3) is 5.40. The van der Waals surface area contributed by atoms with Gasteiger partial charge in [0.05, 0.1) is 10.5 Å². The van der Waals surface area contributed by atoms with E-state index < -0.39 is 27.5 Å². The molecular weight excluding hydrogens is 533 g/mol. The van der Waals surface area contributed by atoms with Crippen LogP contribution in [-0.4, -0.2) is 55.5 Å². The average molecular weight is 568 g/mol. The van der Waals surface area contributed by atoms with Crippen LogP contribution in [0.2, 0.25) is 0 Å². The molecular formula is C31H34FNO6S. The van der Waals surface area contributed by atoms with Gasteiger partial charge in [0.15, 0.2) is 21.4 Å². The molecule has 3 atom stereocenters. The van der Waals surface area contributed by atoms with E-state index in [0.717, 1.165) is 19.3 Å². The van der Waals surface area contributed by atoms with E-state index in [2.05, 4.69) is 18.7 Å². The Morgan fingerprint density at radius 1 is 1.12 bits per heavy atom. The number of benzene rings is 3. The summed E-state index contributed by atoms with van der Waals surface area (Å²) in [5.74, 6) is 0.0485. The Balaban J connectivity index is 1.53. The summed E-state index contributed by atoms with van der Waals surface area (Å²) in [7, 11) is -3.73. The second-order valence-corrected chi connectivity index (χ2v) is 12.9. The lowest BCUT2D eigenvalue weighted by atomic mass is 9.85. The molecule has 1 saturated heterocycles. The zero-order chi connectivity index (χ0) is 28.8. The first-order valence-corrected chi connectivity index (χ1v) is 15.2.